The van der Waals surface area contributed by atoms with Crippen molar-refractivity contribution < 1.29 is 50.0 Å². The Hall–Kier alpha value is -1.93. The highest BCUT2D eigenvalue weighted by molar-refractivity contribution is 5.80. The fraction of sp³-hybridized carbons (Fsp3) is 0.857. The normalized spacial score (nSPS) is 20.1. The lowest BCUT2D eigenvalue weighted by Gasteiger charge is -2.40. The van der Waals surface area contributed by atoms with E-state index in [1.807, 2.05) is 0 Å². The minimum atomic E-state index is -1.67. The van der Waals surface area contributed by atoms with Crippen molar-refractivity contribution in [2.24, 2.45) is 0 Å². The largest absolute Gasteiger partial charge is 0.394 e. The number of carbonyl (C=O) groups excluding carboxylic acids is 1. The van der Waals surface area contributed by atoms with Gasteiger partial charge in [0, 0.05) is 0 Å². The maximum atomic E-state index is 13.2. The summed E-state index contributed by atoms with van der Waals surface area (Å²) in [6, 6.07) is -1.20. The van der Waals surface area contributed by atoms with Gasteiger partial charge in [-0.25, -0.2) is 0 Å². The number of nitrogens with one attached hydrogen (secondary N) is 1. The Balaban J connectivity index is 2.32. The number of rotatable bonds is 53. The van der Waals surface area contributed by atoms with Crippen LogP contribution >= 0.6 is 0 Å². The molecule has 1 amide bonds. The molecule has 0 aromatic heterocycles. The molecule has 1 rings (SSSR count). The number of allylic oxidation sites excluding steroid dienone is 8. The van der Waals surface area contributed by atoms with Crippen LogP contribution in [0.5, 0.6) is 0 Å². The minimum Gasteiger partial charge on any atom is -0.394 e. The van der Waals surface area contributed by atoms with Gasteiger partial charge in [-0.05, 0) is 83.5 Å². The summed E-state index contributed by atoms with van der Waals surface area (Å²) in [5.74, 6) is -0.714. The summed E-state index contributed by atoms with van der Waals surface area (Å²) in [5.41, 5.74) is 0. The highest BCUT2D eigenvalue weighted by Gasteiger charge is 2.44. The molecule has 0 spiro atoms. The van der Waals surface area contributed by atoms with Crippen molar-refractivity contribution in [3.63, 3.8) is 0 Å². The third kappa shape index (κ3) is 39.4. The Bertz CT molecular complexity index is 1340. The molecule has 0 aromatic rings. The first-order chi connectivity index (χ1) is 36.2. The molecule has 0 radical (unpaired) electrons. The van der Waals surface area contributed by atoms with Gasteiger partial charge in [-0.3, -0.25) is 4.79 Å². The zero-order valence-corrected chi connectivity index (χ0v) is 47.6. The van der Waals surface area contributed by atoms with Crippen LogP contribution < -0.4 is 5.32 Å². The number of aliphatic hydroxyl groups excluding tert-OH is 7. The first kappa shape index (κ1) is 70.1. The first-order valence-corrected chi connectivity index (χ1v) is 31.0. The van der Waals surface area contributed by atoms with Crippen molar-refractivity contribution in [1.29, 1.82) is 0 Å². The number of carbonyl (C=O) groups is 1. The summed E-state index contributed by atoms with van der Waals surface area (Å²) in [5, 5.41) is 76.2. The Morgan fingerprint density at radius 3 is 1.28 bits per heavy atom. The Kier molecular flexibility index (Phi) is 49.1. The van der Waals surface area contributed by atoms with Crippen molar-refractivity contribution in [3.05, 3.63) is 48.6 Å². The molecular weight excluding hydrogens is 931 g/mol. The van der Waals surface area contributed by atoms with Gasteiger partial charge in [0.05, 0.1) is 25.4 Å². The first-order valence-electron chi connectivity index (χ1n) is 31.0. The van der Waals surface area contributed by atoms with E-state index in [1.165, 1.54) is 173 Å². The van der Waals surface area contributed by atoms with Crippen LogP contribution in [0.2, 0.25) is 0 Å². The maximum absolute atomic E-state index is 13.2. The molecule has 1 saturated heterocycles. The number of amides is 1. The van der Waals surface area contributed by atoms with Gasteiger partial charge in [0.15, 0.2) is 6.29 Å². The molecule has 0 aromatic carbocycles. The third-order valence-corrected chi connectivity index (χ3v) is 14.8. The molecule has 0 aliphatic carbocycles. The predicted octanol–water partition coefficient (Wildman–Crippen LogP) is 13.6. The lowest BCUT2D eigenvalue weighted by Crippen LogP contribution is -2.60. The number of hydrogen-bond donors (Lipinski definition) is 8. The van der Waals surface area contributed by atoms with Gasteiger partial charge < -0.3 is 50.5 Å². The molecule has 0 bridgehead atoms. The third-order valence-electron chi connectivity index (χ3n) is 14.8. The molecule has 11 heteroatoms. The van der Waals surface area contributed by atoms with E-state index < -0.39 is 74.2 Å². The summed E-state index contributed by atoms with van der Waals surface area (Å²) in [6.45, 7) is 3.46. The van der Waals surface area contributed by atoms with Crippen LogP contribution in [-0.2, 0) is 14.3 Å². The second kappa shape index (κ2) is 51.8. The molecule has 9 atom stereocenters. The number of ether oxygens (including phenoxy) is 2. The standard InChI is InChI=1S/C63H117NO10/c1-3-5-7-9-11-13-15-17-19-21-23-25-27-29-31-33-35-37-39-41-43-45-47-49-51-56(67)62(72)64-54(53-73-63-61(71)60(70)59(69)57(52-65)74-63)58(68)55(66)50-48-46-44-42-40-38-36-34-32-30-28-26-24-22-20-18-16-14-12-10-8-6-4-2/h23,25,29,31,34,36,42,44,54-61,63,65-71H,3-22,24,26-28,30,32-33,35,37-41,43,45-53H2,1-2H3,(H,64,72)/b25-23-,31-29-,36-34+,44-42+. The molecule has 8 N–H and O–H groups in total. The highest BCUT2D eigenvalue weighted by Crippen LogP contribution is 2.23. The Morgan fingerprint density at radius 1 is 0.473 bits per heavy atom. The fourth-order valence-corrected chi connectivity index (χ4v) is 9.78. The zero-order chi connectivity index (χ0) is 54.0. The average Bonchev–Trinajstić information content (AvgIpc) is 3.40. The summed E-state index contributed by atoms with van der Waals surface area (Å²) in [4.78, 5) is 13.2. The fourth-order valence-electron chi connectivity index (χ4n) is 9.78. The van der Waals surface area contributed by atoms with E-state index in [-0.39, 0.29) is 12.8 Å². The van der Waals surface area contributed by atoms with Crippen molar-refractivity contribution >= 4 is 5.91 Å². The quantitative estimate of drug-likeness (QED) is 0.0215. The molecule has 1 heterocycles. The van der Waals surface area contributed by atoms with E-state index in [0.29, 0.717) is 19.3 Å². The van der Waals surface area contributed by atoms with Gasteiger partial charge in [0.2, 0.25) is 5.91 Å². The van der Waals surface area contributed by atoms with Crippen molar-refractivity contribution in [3.8, 4) is 0 Å². The molecule has 9 unspecified atom stereocenters. The lowest BCUT2D eigenvalue weighted by molar-refractivity contribution is -0.303. The van der Waals surface area contributed by atoms with Gasteiger partial charge in [0.1, 0.15) is 36.6 Å². The van der Waals surface area contributed by atoms with Crippen LogP contribution in [0.15, 0.2) is 48.6 Å². The van der Waals surface area contributed by atoms with E-state index in [2.05, 4.69) is 67.8 Å². The van der Waals surface area contributed by atoms with Crippen LogP contribution in [0, 0.1) is 0 Å². The number of hydrogen-bond acceptors (Lipinski definition) is 10. The van der Waals surface area contributed by atoms with Crippen LogP contribution in [0.1, 0.15) is 277 Å². The van der Waals surface area contributed by atoms with E-state index in [4.69, 9.17) is 9.47 Å². The van der Waals surface area contributed by atoms with Gasteiger partial charge in [-0.15, -0.1) is 0 Å². The number of aliphatic hydroxyl groups is 7. The van der Waals surface area contributed by atoms with Gasteiger partial charge in [0.25, 0.3) is 0 Å². The van der Waals surface area contributed by atoms with Gasteiger partial charge in [-0.1, -0.05) is 242 Å². The number of unbranched alkanes of at least 4 members (excludes halogenated alkanes) is 33. The van der Waals surface area contributed by atoms with Crippen LogP contribution in [-0.4, -0.2) is 110 Å². The average molecular weight is 1050 g/mol. The maximum Gasteiger partial charge on any atom is 0.249 e. The minimum absolute atomic E-state index is 0.243. The molecule has 74 heavy (non-hydrogen) atoms. The molecule has 434 valence electrons. The molecular formula is C63H117NO10. The van der Waals surface area contributed by atoms with Gasteiger partial charge >= 0.3 is 0 Å². The Labute approximate surface area is 453 Å². The molecule has 0 saturated carbocycles. The summed E-state index contributed by atoms with van der Waals surface area (Å²) in [7, 11) is 0. The van der Waals surface area contributed by atoms with Crippen LogP contribution in [0.25, 0.3) is 0 Å². The van der Waals surface area contributed by atoms with Crippen LogP contribution in [0.4, 0.5) is 0 Å². The van der Waals surface area contributed by atoms with Gasteiger partial charge in [-0.2, -0.15) is 0 Å². The van der Waals surface area contributed by atoms with E-state index in [1.54, 1.807) is 0 Å². The van der Waals surface area contributed by atoms with Crippen LogP contribution in [0.3, 0.4) is 0 Å². The monoisotopic (exact) mass is 1050 g/mol. The van der Waals surface area contributed by atoms with E-state index in [0.717, 1.165) is 57.8 Å². The molecule has 1 aliphatic rings. The van der Waals surface area contributed by atoms with Crippen molar-refractivity contribution in [1.82, 2.24) is 5.32 Å². The second-order valence-corrected chi connectivity index (χ2v) is 21.8. The smallest absolute Gasteiger partial charge is 0.249 e. The van der Waals surface area contributed by atoms with E-state index >= 15 is 0 Å². The lowest BCUT2D eigenvalue weighted by atomic mass is 9.98. The van der Waals surface area contributed by atoms with Crippen molar-refractivity contribution in [2.75, 3.05) is 13.2 Å². The zero-order valence-electron chi connectivity index (χ0n) is 47.6. The molecule has 1 aliphatic heterocycles. The highest BCUT2D eigenvalue weighted by atomic mass is 16.7. The predicted molar refractivity (Wildman–Crippen MR) is 307 cm³/mol. The summed E-state index contributed by atoms with van der Waals surface area (Å²) in [6.07, 6.45) is 54.5. The SMILES string of the molecule is CCCCCCCCCCC/C=C\C/C=C\CCCCCCCCCCC(O)C(=O)NC(COC1OC(CO)C(O)C(O)C1O)C(O)C(O)CCC/C=C/CC/C=C/CCCCCCCCCCCCCCCC. The Morgan fingerprint density at radius 2 is 0.851 bits per heavy atom. The summed E-state index contributed by atoms with van der Waals surface area (Å²) >= 11 is 0. The molecule has 1 fully saturated rings. The molecule has 11 nitrogen and oxygen atoms in total. The summed E-state index contributed by atoms with van der Waals surface area (Å²) < 4.78 is 11.1. The van der Waals surface area contributed by atoms with Crippen molar-refractivity contribution in [2.45, 2.75) is 332 Å². The second-order valence-electron chi connectivity index (χ2n) is 21.8. The topological polar surface area (TPSA) is 189 Å². The van der Waals surface area contributed by atoms with E-state index in [9.17, 15) is 40.5 Å².